The highest BCUT2D eigenvalue weighted by molar-refractivity contribution is 5.99. The zero-order chi connectivity index (χ0) is 54.1. The molecule has 71 heavy (non-hydrogen) atoms. The number of primary amides is 1. The smallest absolute Gasteiger partial charge is 0.245 e. The van der Waals surface area contributed by atoms with E-state index in [2.05, 4.69) is 47.5 Å². The summed E-state index contributed by atoms with van der Waals surface area (Å²) in [7, 11) is 1.37. The largest absolute Gasteiger partial charge is 0.391 e. The van der Waals surface area contributed by atoms with Crippen molar-refractivity contribution in [1.82, 2.24) is 52.3 Å². The standard InChI is InChI=1S/C45H80N14O12/c1-10-16-28(38(65)55-35(24(5)11-2)41(68)54-29(17-14-19-50-45(47)48)44(71)59-20-15-18-31(59)40(67)49-13-4)53-43(70)37(26(7)60)57-42(69)36(25(6)12-3)56-39(66)30(21-32(46)62)52-33(63)22-51-34(64)23-58(9)27(8)61/h24-26,28-31,35-37,60H,10-23H2,1-9H3,(H2,46,62)(H,49,67)(H,51,64)(H,52,63)(H,53,70)(H,54,68)(H,55,65)(H,56,66)(H,57,69)(H4,47,48,50)/t24-,25-,26+,28-,29-,30-,31-,35-,36+,37-/m0/s1. The fourth-order valence-electron chi connectivity index (χ4n) is 7.41. The molecule has 15 N–H and O–H groups in total. The number of aliphatic hydroxyl groups excluding tert-OH is 1. The number of hydrogen-bond donors (Lipinski definition) is 12. The van der Waals surface area contributed by atoms with Crippen molar-refractivity contribution in [3.63, 3.8) is 0 Å². The van der Waals surface area contributed by atoms with Crippen molar-refractivity contribution in [3.8, 4) is 0 Å². The van der Waals surface area contributed by atoms with Gasteiger partial charge in [0.2, 0.25) is 65.0 Å². The van der Waals surface area contributed by atoms with Crippen molar-refractivity contribution in [2.24, 2.45) is 34.0 Å². The average Bonchev–Trinajstić information content (AvgIpc) is 3.80. The van der Waals surface area contributed by atoms with E-state index in [1.165, 1.54) is 25.8 Å². The number of nitrogens with one attached hydrogen (secondary N) is 8. The molecule has 0 aromatic heterocycles. The minimum absolute atomic E-state index is 0.0482. The Morgan fingerprint density at radius 3 is 1.73 bits per heavy atom. The van der Waals surface area contributed by atoms with Crippen molar-refractivity contribution in [2.75, 3.05) is 39.8 Å². The molecule has 26 heteroatoms. The Morgan fingerprint density at radius 1 is 0.690 bits per heavy atom. The highest BCUT2D eigenvalue weighted by Gasteiger charge is 2.40. The fourth-order valence-corrected chi connectivity index (χ4v) is 7.41. The third kappa shape index (κ3) is 21.5. The summed E-state index contributed by atoms with van der Waals surface area (Å²) < 4.78 is 0. The Morgan fingerprint density at radius 2 is 1.23 bits per heavy atom. The maximum absolute atomic E-state index is 14.1. The van der Waals surface area contributed by atoms with E-state index in [-0.39, 0.29) is 50.8 Å². The van der Waals surface area contributed by atoms with Gasteiger partial charge in [0.05, 0.1) is 25.6 Å². The highest BCUT2D eigenvalue weighted by Crippen LogP contribution is 2.21. The predicted octanol–water partition coefficient (Wildman–Crippen LogP) is -4.18. The van der Waals surface area contributed by atoms with E-state index in [1.807, 2.05) is 0 Å². The van der Waals surface area contributed by atoms with E-state index < -0.39 is 132 Å². The summed E-state index contributed by atoms with van der Waals surface area (Å²) in [4.78, 5) is 151. The summed E-state index contributed by atoms with van der Waals surface area (Å²) in [5.41, 5.74) is 16.3. The molecule has 0 aromatic carbocycles. The molecule has 0 saturated carbocycles. The first-order chi connectivity index (χ1) is 33.3. The molecular weight excluding hydrogens is 929 g/mol. The van der Waals surface area contributed by atoms with E-state index in [9.17, 15) is 57.8 Å². The lowest BCUT2D eigenvalue weighted by atomic mass is 9.96. The minimum Gasteiger partial charge on any atom is -0.391 e. The van der Waals surface area contributed by atoms with Gasteiger partial charge in [0.15, 0.2) is 5.96 Å². The van der Waals surface area contributed by atoms with Crippen LogP contribution in [0.2, 0.25) is 0 Å². The number of aliphatic imine (C=N–C) groups is 1. The lowest BCUT2D eigenvalue weighted by molar-refractivity contribution is -0.142. The van der Waals surface area contributed by atoms with Gasteiger partial charge in [-0.1, -0.05) is 53.9 Å². The lowest BCUT2D eigenvalue weighted by Gasteiger charge is -2.32. The average molecular weight is 1010 g/mol. The predicted molar refractivity (Wildman–Crippen MR) is 261 cm³/mol. The summed E-state index contributed by atoms with van der Waals surface area (Å²) in [5.74, 6) is -9.49. The van der Waals surface area contributed by atoms with Crippen molar-refractivity contribution < 1.29 is 57.8 Å². The quantitative estimate of drug-likeness (QED) is 0.0178. The monoisotopic (exact) mass is 1010 g/mol. The third-order valence-corrected chi connectivity index (χ3v) is 12.0. The second kappa shape index (κ2) is 31.6. The number of nitrogens with two attached hydrogens (primary N) is 3. The molecule has 0 bridgehead atoms. The molecule has 1 rings (SSSR count). The fraction of sp³-hybridized carbons (Fsp3) is 0.733. The van der Waals surface area contributed by atoms with Crippen LogP contribution in [0.4, 0.5) is 0 Å². The summed E-state index contributed by atoms with van der Waals surface area (Å²) >= 11 is 0. The van der Waals surface area contributed by atoms with Crippen molar-refractivity contribution in [2.45, 2.75) is 162 Å². The highest BCUT2D eigenvalue weighted by atomic mass is 16.3. The van der Waals surface area contributed by atoms with Crippen LogP contribution in [0.1, 0.15) is 113 Å². The number of hydrogen-bond acceptors (Lipinski definition) is 13. The molecule has 0 radical (unpaired) electrons. The normalized spacial score (nSPS) is 16.9. The van der Waals surface area contributed by atoms with Crippen molar-refractivity contribution in [3.05, 3.63) is 0 Å². The van der Waals surface area contributed by atoms with Crippen LogP contribution in [-0.4, -0.2) is 174 Å². The van der Waals surface area contributed by atoms with Gasteiger partial charge in [-0.3, -0.25) is 57.7 Å². The first kappa shape index (κ1) is 62.4. The molecule has 0 spiro atoms. The van der Waals surface area contributed by atoms with Gasteiger partial charge in [-0.05, 0) is 57.8 Å². The second-order valence-electron chi connectivity index (χ2n) is 17.9. The summed E-state index contributed by atoms with van der Waals surface area (Å²) in [6.45, 7) is 12.6. The van der Waals surface area contributed by atoms with Crippen LogP contribution in [0.25, 0.3) is 0 Å². The Kier molecular flexibility index (Phi) is 27.8. The zero-order valence-electron chi connectivity index (χ0n) is 42.7. The molecule has 0 aliphatic carbocycles. The van der Waals surface area contributed by atoms with E-state index in [0.717, 1.165) is 4.90 Å². The maximum atomic E-state index is 14.1. The molecule has 11 amide bonds. The van der Waals surface area contributed by atoms with Gasteiger partial charge < -0.3 is 74.6 Å². The molecule has 1 fully saturated rings. The van der Waals surface area contributed by atoms with Crippen LogP contribution in [-0.2, 0) is 52.7 Å². The van der Waals surface area contributed by atoms with Crippen LogP contribution < -0.4 is 59.7 Å². The van der Waals surface area contributed by atoms with Crippen LogP contribution in [0.15, 0.2) is 4.99 Å². The van der Waals surface area contributed by atoms with Gasteiger partial charge in [-0.2, -0.15) is 0 Å². The number of guanidine groups is 1. The number of carbonyl (C=O) groups is 11. The minimum atomic E-state index is -1.70. The molecule has 0 aromatic rings. The number of likely N-dealkylation sites (N-methyl/N-ethyl adjacent to an activating group) is 2. The molecule has 10 atom stereocenters. The lowest BCUT2D eigenvalue weighted by Crippen LogP contribution is -2.63. The molecule has 1 aliphatic heterocycles. The summed E-state index contributed by atoms with van der Waals surface area (Å²) in [5, 5.41) is 31.1. The number of carbonyl (C=O) groups excluding carboxylic acids is 11. The van der Waals surface area contributed by atoms with E-state index >= 15 is 0 Å². The van der Waals surface area contributed by atoms with Crippen molar-refractivity contribution in [1.29, 1.82) is 0 Å². The number of nitrogens with zero attached hydrogens (tertiary/aromatic N) is 3. The summed E-state index contributed by atoms with van der Waals surface area (Å²) in [6, 6.07) is -9.10. The Bertz CT molecular complexity index is 1900. The maximum Gasteiger partial charge on any atom is 0.245 e. The van der Waals surface area contributed by atoms with E-state index in [1.54, 1.807) is 41.5 Å². The Hall–Kier alpha value is -6.60. The summed E-state index contributed by atoms with van der Waals surface area (Å²) in [6.07, 6.45) is 0.217. The molecule has 0 unspecified atom stereocenters. The van der Waals surface area contributed by atoms with Gasteiger partial charge in [0, 0.05) is 33.6 Å². The van der Waals surface area contributed by atoms with Crippen LogP contribution in [0, 0.1) is 11.8 Å². The topological polar surface area (TPSA) is 401 Å². The molecule has 1 heterocycles. The van der Waals surface area contributed by atoms with Crippen LogP contribution in [0.3, 0.4) is 0 Å². The SMILES string of the molecule is CCC[C@H](NC(=O)[C@@H](NC(=O)[C@H](NC(=O)[C@H](CC(N)=O)NC(=O)CNC(=O)CN(C)C(C)=O)[C@@H](C)CC)[C@@H](C)O)C(=O)N[C@H](C(=O)N[C@@H](CCCN=C(N)N)C(=O)N1CCC[C@H]1C(=O)NCC)[C@@H](C)CC. The first-order valence-corrected chi connectivity index (χ1v) is 24.2. The molecule has 402 valence electrons. The Labute approximate surface area is 415 Å². The molecule has 1 saturated heterocycles. The van der Waals surface area contributed by atoms with Gasteiger partial charge in [-0.25, -0.2) is 0 Å². The van der Waals surface area contributed by atoms with E-state index in [0.29, 0.717) is 38.6 Å². The van der Waals surface area contributed by atoms with Gasteiger partial charge >= 0.3 is 0 Å². The molecule has 26 nitrogen and oxygen atoms in total. The number of rotatable bonds is 31. The zero-order valence-corrected chi connectivity index (χ0v) is 42.7. The van der Waals surface area contributed by atoms with Crippen LogP contribution >= 0.6 is 0 Å². The van der Waals surface area contributed by atoms with Crippen molar-refractivity contribution >= 4 is 70.9 Å². The van der Waals surface area contributed by atoms with Gasteiger partial charge in [-0.15, -0.1) is 0 Å². The van der Waals surface area contributed by atoms with Crippen LogP contribution in [0.5, 0.6) is 0 Å². The number of amides is 11. The van der Waals surface area contributed by atoms with E-state index in [4.69, 9.17) is 17.2 Å². The second-order valence-corrected chi connectivity index (χ2v) is 17.9. The van der Waals surface area contributed by atoms with Gasteiger partial charge in [0.1, 0.15) is 42.3 Å². The number of likely N-dealkylation sites (tertiary alicyclic amines) is 1. The Balaban J connectivity index is 3.33. The third-order valence-electron chi connectivity index (χ3n) is 12.0. The molecular formula is C45H80N14O12. The molecule has 1 aliphatic rings. The number of aliphatic hydroxyl groups is 1. The van der Waals surface area contributed by atoms with Gasteiger partial charge in [0.25, 0.3) is 0 Å². The first-order valence-electron chi connectivity index (χ1n) is 24.2.